The van der Waals surface area contributed by atoms with Crippen molar-refractivity contribution in [2.75, 3.05) is 13.2 Å². The molecule has 6 nitrogen and oxygen atoms in total. The molecular weight excluding hydrogens is 400 g/mol. The minimum atomic E-state index is -0.657. The van der Waals surface area contributed by atoms with Gasteiger partial charge in [0.15, 0.2) is 5.78 Å². The maximum atomic E-state index is 13.1. The molecule has 0 saturated carbocycles. The van der Waals surface area contributed by atoms with Gasteiger partial charge in [-0.15, -0.1) is 18.3 Å². The van der Waals surface area contributed by atoms with Crippen LogP contribution >= 0.6 is 11.8 Å². The third kappa shape index (κ3) is 4.23. The first-order valence-electron chi connectivity index (χ1n) is 10.0. The summed E-state index contributed by atoms with van der Waals surface area (Å²) < 4.78 is 4.73. The Kier molecular flexibility index (Phi) is 6.83. The second kappa shape index (κ2) is 9.18. The second-order valence-corrected chi connectivity index (χ2v) is 9.77. The molecule has 2 aliphatic heterocycles. The molecule has 1 aromatic rings. The maximum absolute atomic E-state index is 13.1. The van der Waals surface area contributed by atoms with Crippen LogP contribution in [-0.4, -0.2) is 51.9 Å². The monoisotopic (exact) mass is 428 g/mol. The Balaban J connectivity index is 1.73. The van der Waals surface area contributed by atoms with Crippen molar-refractivity contribution in [3.05, 3.63) is 61.2 Å². The molecule has 1 aromatic carbocycles. The summed E-state index contributed by atoms with van der Waals surface area (Å²) in [5.41, 5.74) is 0.860. The van der Waals surface area contributed by atoms with Gasteiger partial charge in [0.2, 0.25) is 5.91 Å². The van der Waals surface area contributed by atoms with Crippen LogP contribution in [0.1, 0.15) is 31.9 Å². The number of ether oxygens (including phenoxy) is 1. The number of β-lactam (4-membered cyclic amide) rings is 1. The molecule has 0 spiro atoms. The summed E-state index contributed by atoms with van der Waals surface area (Å²) in [5.74, 6) is -1.07. The lowest BCUT2D eigenvalue weighted by molar-refractivity contribution is -0.166. The van der Waals surface area contributed by atoms with Crippen molar-refractivity contribution in [1.29, 1.82) is 0 Å². The van der Waals surface area contributed by atoms with Gasteiger partial charge in [-0.05, 0) is 19.4 Å². The van der Waals surface area contributed by atoms with Crippen LogP contribution in [0.4, 0.5) is 0 Å². The molecular formula is C23H28N2O4S. The fraction of sp³-hybridized carbons (Fsp3) is 0.435. The third-order valence-corrected chi connectivity index (χ3v) is 7.09. The number of thioether (sulfide) groups is 1. The molecule has 30 heavy (non-hydrogen) atoms. The fourth-order valence-corrected chi connectivity index (χ4v) is 5.76. The van der Waals surface area contributed by atoms with Crippen molar-refractivity contribution in [2.45, 2.75) is 42.5 Å². The third-order valence-electron chi connectivity index (χ3n) is 5.46. The van der Waals surface area contributed by atoms with Crippen LogP contribution in [0, 0.1) is 5.92 Å². The molecule has 3 rings (SSSR count). The Bertz CT molecular complexity index is 839. The molecule has 0 bridgehead atoms. The van der Waals surface area contributed by atoms with Gasteiger partial charge in [0.05, 0.1) is 17.3 Å². The van der Waals surface area contributed by atoms with Crippen molar-refractivity contribution >= 4 is 29.4 Å². The molecule has 2 fully saturated rings. The molecule has 2 aliphatic rings. The van der Waals surface area contributed by atoms with E-state index in [9.17, 15) is 14.4 Å². The minimum Gasteiger partial charge on any atom is -0.460 e. The highest BCUT2D eigenvalue weighted by Crippen LogP contribution is 2.54. The lowest BCUT2D eigenvalue weighted by atomic mass is 9.86. The average Bonchev–Trinajstić information content (AvgIpc) is 2.99. The zero-order valence-electron chi connectivity index (χ0n) is 17.4. The summed E-state index contributed by atoms with van der Waals surface area (Å²) in [4.78, 5) is 40.2. The lowest BCUT2D eigenvalue weighted by Gasteiger charge is -2.44. The quantitative estimate of drug-likeness (QED) is 0.351. The Labute approximate surface area is 181 Å². The van der Waals surface area contributed by atoms with E-state index in [1.54, 1.807) is 22.7 Å². The smallest absolute Gasteiger partial charge is 0.330 e. The van der Waals surface area contributed by atoms with E-state index in [1.165, 1.54) is 6.08 Å². The fourth-order valence-electron chi connectivity index (χ4n) is 4.08. The number of nitrogens with zero attached hydrogens (tertiary/aromatic N) is 1. The van der Waals surface area contributed by atoms with E-state index in [2.05, 4.69) is 18.5 Å². The van der Waals surface area contributed by atoms with Gasteiger partial charge in [0, 0.05) is 17.7 Å². The Morgan fingerprint density at radius 3 is 2.60 bits per heavy atom. The number of hydrogen-bond acceptors (Lipinski definition) is 6. The highest BCUT2D eigenvalue weighted by molar-refractivity contribution is 8.01. The highest BCUT2D eigenvalue weighted by Gasteiger charge is 2.64. The van der Waals surface area contributed by atoms with Crippen LogP contribution in [0.25, 0.3) is 0 Å². The second-order valence-electron chi connectivity index (χ2n) is 8.00. The first-order valence-corrected chi connectivity index (χ1v) is 10.9. The average molecular weight is 429 g/mol. The topological polar surface area (TPSA) is 75.7 Å². The predicted octanol–water partition coefficient (Wildman–Crippen LogP) is 2.87. The van der Waals surface area contributed by atoms with Gasteiger partial charge in [-0.2, -0.15) is 0 Å². The number of esters is 1. The molecule has 0 unspecified atom stereocenters. The van der Waals surface area contributed by atoms with Crippen molar-refractivity contribution in [3.63, 3.8) is 0 Å². The summed E-state index contributed by atoms with van der Waals surface area (Å²) in [6.07, 6.45) is 3.33. The van der Waals surface area contributed by atoms with Crippen molar-refractivity contribution in [1.82, 2.24) is 10.2 Å². The van der Waals surface area contributed by atoms with E-state index >= 15 is 0 Å². The number of fused-ring (bicyclic) bond motifs is 1. The van der Waals surface area contributed by atoms with E-state index in [0.29, 0.717) is 6.54 Å². The van der Waals surface area contributed by atoms with E-state index < -0.39 is 28.7 Å². The molecule has 160 valence electrons. The van der Waals surface area contributed by atoms with E-state index in [4.69, 9.17) is 4.74 Å². The van der Waals surface area contributed by atoms with E-state index in [0.717, 1.165) is 5.56 Å². The summed E-state index contributed by atoms with van der Waals surface area (Å²) in [6.45, 7) is 11.7. The minimum absolute atomic E-state index is 0.0443. The molecule has 1 N–H and O–H groups in total. The maximum Gasteiger partial charge on any atom is 0.330 e. The number of carbonyl (C=O) groups is 3. The summed E-state index contributed by atoms with van der Waals surface area (Å²) >= 11 is 1.56. The number of amides is 1. The van der Waals surface area contributed by atoms with Gasteiger partial charge >= 0.3 is 5.97 Å². The summed E-state index contributed by atoms with van der Waals surface area (Å²) in [5, 5.41) is 3.00. The Morgan fingerprint density at radius 2 is 1.97 bits per heavy atom. The normalized spacial score (nSPS) is 25.1. The van der Waals surface area contributed by atoms with Gasteiger partial charge in [-0.3, -0.25) is 9.59 Å². The number of nitrogens with one attached hydrogen (secondary N) is 1. The van der Waals surface area contributed by atoms with Gasteiger partial charge in [-0.25, -0.2) is 4.79 Å². The molecule has 0 radical (unpaired) electrons. The SMILES string of the molecule is C=CCN[C@@H](C(=O)C[C@@H]1C(=O)N2[C@@H]1SC(C)(C)[C@@H]2C(=O)OCC=C)c1ccccc1. The summed E-state index contributed by atoms with van der Waals surface area (Å²) in [7, 11) is 0. The molecule has 1 amide bonds. The number of ketones is 1. The van der Waals surface area contributed by atoms with Gasteiger partial charge in [0.1, 0.15) is 12.6 Å². The number of hydrogen-bond donors (Lipinski definition) is 1. The summed E-state index contributed by atoms with van der Waals surface area (Å²) in [6, 6.07) is 8.30. The van der Waals surface area contributed by atoms with Gasteiger partial charge in [-0.1, -0.05) is 49.1 Å². The number of rotatable bonds is 10. The molecule has 7 heteroatoms. The zero-order chi connectivity index (χ0) is 21.9. The molecule has 4 atom stereocenters. The van der Waals surface area contributed by atoms with Crippen LogP contribution in [0.2, 0.25) is 0 Å². The lowest BCUT2D eigenvalue weighted by Crippen LogP contribution is -2.63. The Morgan fingerprint density at radius 1 is 1.27 bits per heavy atom. The number of benzene rings is 1. The zero-order valence-corrected chi connectivity index (χ0v) is 18.2. The number of carbonyl (C=O) groups excluding carboxylic acids is 3. The van der Waals surface area contributed by atoms with Crippen LogP contribution in [0.5, 0.6) is 0 Å². The van der Waals surface area contributed by atoms with Crippen LogP contribution in [-0.2, 0) is 19.1 Å². The van der Waals surface area contributed by atoms with Gasteiger partial charge < -0.3 is 15.0 Å². The van der Waals surface area contributed by atoms with Crippen LogP contribution < -0.4 is 5.32 Å². The predicted molar refractivity (Wildman–Crippen MR) is 118 cm³/mol. The van der Waals surface area contributed by atoms with Crippen LogP contribution in [0.3, 0.4) is 0 Å². The first-order chi connectivity index (χ1) is 14.3. The van der Waals surface area contributed by atoms with E-state index in [-0.39, 0.29) is 30.1 Å². The largest absolute Gasteiger partial charge is 0.460 e. The van der Waals surface area contributed by atoms with Crippen LogP contribution in [0.15, 0.2) is 55.6 Å². The van der Waals surface area contributed by atoms with Gasteiger partial charge in [0.25, 0.3) is 0 Å². The van der Waals surface area contributed by atoms with Crippen molar-refractivity contribution in [3.8, 4) is 0 Å². The number of Topliss-reactive ketones (excluding diaryl/α,β-unsaturated/α-hetero) is 1. The standard InChI is InChI=1S/C23H28N2O4S/c1-5-12-24-18(15-10-8-7-9-11-15)17(26)14-16-20(27)25-19(22(28)29-13-6-2)23(3,4)30-21(16)25/h5-11,16,18-19,21,24H,1-2,12-14H2,3-4H3/t16-,18-,19+,21-/m1/s1. The molecule has 0 aromatic heterocycles. The molecule has 2 saturated heterocycles. The molecule has 0 aliphatic carbocycles. The highest BCUT2D eigenvalue weighted by atomic mass is 32.2. The van der Waals surface area contributed by atoms with Crippen molar-refractivity contribution < 1.29 is 19.1 Å². The molecule has 2 heterocycles. The van der Waals surface area contributed by atoms with Crippen molar-refractivity contribution in [2.24, 2.45) is 5.92 Å². The Hall–Kier alpha value is -2.38. The van der Waals surface area contributed by atoms with E-state index in [1.807, 2.05) is 44.2 Å². The first kappa shape index (κ1) is 22.3.